The molecule has 3 rings (SSSR count). The second-order valence-electron chi connectivity index (χ2n) is 7.28. The number of carbonyl (C=O) groups is 2. The van der Waals surface area contributed by atoms with E-state index in [0.717, 1.165) is 12.1 Å². The third-order valence-electron chi connectivity index (χ3n) is 4.97. The summed E-state index contributed by atoms with van der Waals surface area (Å²) in [7, 11) is -3.69. The van der Waals surface area contributed by atoms with E-state index in [1.54, 1.807) is 12.1 Å². The predicted octanol–water partition coefficient (Wildman–Crippen LogP) is 0.973. The molecule has 33 heavy (non-hydrogen) atoms. The van der Waals surface area contributed by atoms with Crippen LogP contribution in [0, 0.1) is 0 Å². The number of morpholine rings is 1. The fraction of sp³-hybridized carbons (Fsp3) is 0.333. The summed E-state index contributed by atoms with van der Waals surface area (Å²) in [5, 5.41) is 33.7. The van der Waals surface area contributed by atoms with Gasteiger partial charge in [0.05, 0.1) is 23.7 Å². The van der Waals surface area contributed by atoms with Gasteiger partial charge in [-0.25, -0.2) is 8.42 Å². The molecule has 2 aromatic rings. The molecule has 0 radical (unpaired) electrons. The molecule has 2 aromatic carbocycles. The van der Waals surface area contributed by atoms with Gasteiger partial charge < -0.3 is 30.7 Å². The van der Waals surface area contributed by atoms with E-state index in [9.17, 15) is 33.3 Å². The van der Waals surface area contributed by atoms with Crippen molar-refractivity contribution in [1.82, 2.24) is 9.62 Å². The van der Waals surface area contributed by atoms with Gasteiger partial charge in [-0.15, -0.1) is 0 Å². The summed E-state index contributed by atoms with van der Waals surface area (Å²) in [5.41, 5.74) is 0.121. The molecule has 1 heterocycles. The molecule has 0 aromatic heterocycles. The average molecular weight is 480 g/mol. The lowest BCUT2D eigenvalue weighted by Crippen LogP contribution is -2.40. The highest BCUT2D eigenvalue weighted by molar-refractivity contribution is 7.89. The molecule has 1 fully saturated rings. The smallest absolute Gasteiger partial charge is 0.255 e. The average Bonchev–Trinajstić information content (AvgIpc) is 2.81. The third-order valence-corrected chi connectivity index (χ3v) is 6.86. The number of phenols is 3. The Bertz CT molecular complexity index is 1130. The molecule has 12 heteroatoms. The Kier molecular flexibility index (Phi) is 7.74. The summed E-state index contributed by atoms with van der Waals surface area (Å²) in [5.74, 6) is -3.13. The number of aromatic hydroxyl groups is 3. The number of sulfonamides is 1. The van der Waals surface area contributed by atoms with E-state index in [4.69, 9.17) is 4.74 Å². The van der Waals surface area contributed by atoms with Crippen LogP contribution in [0.25, 0.3) is 0 Å². The van der Waals surface area contributed by atoms with Crippen molar-refractivity contribution >= 4 is 27.5 Å². The van der Waals surface area contributed by atoms with Crippen molar-refractivity contribution in [3.8, 4) is 17.2 Å². The van der Waals surface area contributed by atoms with Crippen LogP contribution in [0.3, 0.4) is 0 Å². The van der Waals surface area contributed by atoms with E-state index in [1.165, 1.54) is 16.4 Å². The van der Waals surface area contributed by atoms with Crippen LogP contribution in [0.1, 0.15) is 23.2 Å². The maximum atomic E-state index is 12.8. The van der Waals surface area contributed by atoms with Gasteiger partial charge in [0.2, 0.25) is 21.7 Å². The van der Waals surface area contributed by atoms with E-state index in [0.29, 0.717) is 18.9 Å². The molecule has 0 aliphatic carbocycles. The topological polar surface area (TPSA) is 166 Å². The number of anilines is 1. The zero-order chi connectivity index (χ0) is 24.0. The molecule has 1 aliphatic rings. The van der Waals surface area contributed by atoms with E-state index >= 15 is 0 Å². The van der Waals surface area contributed by atoms with Gasteiger partial charge in [-0.3, -0.25) is 9.59 Å². The number of ether oxygens (including phenoxy) is 1. The van der Waals surface area contributed by atoms with Crippen molar-refractivity contribution in [2.24, 2.45) is 0 Å². The highest BCUT2D eigenvalue weighted by Crippen LogP contribution is 2.36. The first-order valence-electron chi connectivity index (χ1n) is 10.2. The first-order valence-corrected chi connectivity index (χ1v) is 11.6. The van der Waals surface area contributed by atoms with Crippen LogP contribution in [0.5, 0.6) is 17.2 Å². The van der Waals surface area contributed by atoms with Gasteiger partial charge >= 0.3 is 0 Å². The lowest BCUT2D eigenvalue weighted by molar-refractivity contribution is -0.116. The SMILES string of the molecule is O=C(CCCNC(=O)c1ccc(O)c(O)c1O)Nc1cccc(S(=O)(=O)N2CCOCC2)c1. The number of nitrogens with one attached hydrogen (secondary N) is 2. The summed E-state index contributed by atoms with van der Waals surface area (Å²) in [6.07, 6.45) is 0.321. The van der Waals surface area contributed by atoms with Gasteiger partial charge in [0, 0.05) is 31.7 Å². The zero-order valence-corrected chi connectivity index (χ0v) is 18.5. The summed E-state index contributed by atoms with van der Waals surface area (Å²) in [4.78, 5) is 24.4. The molecule has 1 aliphatic heterocycles. The molecule has 0 spiro atoms. The molecule has 1 saturated heterocycles. The summed E-state index contributed by atoms with van der Waals surface area (Å²) < 4.78 is 32.0. The van der Waals surface area contributed by atoms with Crippen LogP contribution < -0.4 is 10.6 Å². The van der Waals surface area contributed by atoms with Gasteiger partial charge in [0.15, 0.2) is 11.5 Å². The Hall–Kier alpha value is -3.35. The number of phenolic OH excluding ortho intramolecular Hbond substituents is 3. The van der Waals surface area contributed by atoms with Crippen molar-refractivity contribution in [3.05, 3.63) is 42.0 Å². The van der Waals surface area contributed by atoms with Crippen LogP contribution in [0.4, 0.5) is 5.69 Å². The minimum absolute atomic E-state index is 0.0491. The zero-order valence-electron chi connectivity index (χ0n) is 17.7. The number of benzene rings is 2. The number of nitrogens with zero attached hydrogens (tertiary/aromatic N) is 1. The number of amides is 2. The minimum atomic E-state index is -3.69. The van der Waals surface area contributed by atoms with Crippen molar-refractivity contribution in [1.29, 1.82) is 0 Å². The largest absolute Gasteiger partial charge is 0.504 e. The van der Waals surface area contributed by atoms with E-state index in [-0.39, 0.29) is 48.8 Å². The molecule has 0 unspecified atom stereocenters. The Morgan fingerprint density at radius 1 is 1.03 bits per heavy atom. The maximum absolute atomic E-state index is 12.8. The molecule has 0 saturated carbocycles. The molecule has 0 atom stereocenters. The first kappa shape index (κ1) is 24.3. The molecular weight excluding hydrogens is 454 g/mol. The molecular formula is C21H25N3O8S. The van der Waals surface area contributed by atoms with Gasteiger partial charge in [0.25, 0.3) is 5.91 Å². The number of hydrogen-bond acceptors (Lipinski definition) is 8. The minimum Gasteiger partial charge on any atom is -0.504 e. The normalized spacial score (nSPS) is 14.5. The molecule has 2 amide bonds. The van der Waals surface area contributed by atoms with E-state index in [1.807, 2.05) is 0 Å². The van der Waals surface area contributed by atoms with Crippen molar-refractivity contribution in [3.63, 3.8) is 0 Å². The van der Waals surface area contributed by atoms with Crippen LogP contribution in [-0.2, 0) is 19.6 Å². The molecule has 0 bridgehead atoms. The van der Waals surface area contributed by atoms with Gasteiger partial charge in [-0.1, -0.05) is 6.07 Å². The van der Waals surface area contributed by atoms with Gasteiger partial charge in [-0.05, 0) is 36.8 Å². The van der Waals surface area contributed by atoms with Gasteiger partial charge in [0.1, 0.15) is 0 Å². The Labute approximate surface area is 190 Å². The summed E-state index contributed by atoms with van der Waals surface area (Å²) >= 11 is 0. The van der Waals surface area contributed by atoms with Crippen LogP contribution in [0.15, 0.2) is 41.3 Å². The van der Waals surface area contributed by atoms with E-state index < -0.39 is 33.2 Å². The molecule has 178 valence electrons. The van der Waals surface area contributed by atoms with Gasteiger partial charge in [-0.2, -0.15) is 4.31 Å². The van der Waals surface area contributed by atoms with Crippen LogP contribution >= 0.6 is 0 Å². The second kappa shape index (κ2) is 10.5. The van der Waals surface area contributed by atoms with Crippen LogP contribution in [0.2, 0.25) is 0 Å². The second-order valence-corrected chi connectivity index (χ2v) is 9.22. The Morgan fingerprint density at radius 2 is 1.76 bits per heavy atom. The third kappa shape index (κ3) is 5.92. The first-order chi connectivity index (χ1) is 15.7. The van der Waals surface area contributed by atoms with Crippen molar-refractivity contribution in [2.75, 3.05) is 38.2 Å². The van der Waals surface area contributed by atoms with E-state index in [2.05, 4.69) is 10.6 Å². The fourth-order valence-corrected chi connectivity index (χ4v) is 4.65. The number of rotatable bonds is 8. The fourth-order valence-electron chi connectivity index (χ4n) is 3.19. The standard InChI is InChI=1S/C21H25N3O8S/c25-17-7-6-16(19(27)20(17)28)21(29)22-8-2-5-18(26)23-14-3-1-4-15(13-14)33(30,31)24-9-11-32-12-10-24/h1,3-4,6-7,13,25,27-28H,2,5,8-12H2,(H,22,29)(H,23,26). The monoisotopic (exact) mass is 479 g/mol. The lowest BCUT2D eigenvalue weighted by Gasteiger charge is -2.26. The quantitative estimate of drug-likeness (QED) is 0.276. The van der Waals surface area contributed by atoms with Crippen LogP contribution in [-0.4, -0.2) is 72.7 Å². The Balaban J connectivity index is 1.50. The predicted molar refractivity (Wildman–Crippen MR) is 118 cm³/mol. The maximum Gasteiger partial charge on any atom is 0.255 e. The number of carbonyl (C=O) groups excluding carboxylic acids is 2. The summed E-state index contributed by atoms with van der Waals surface area (Å²) in [6.45, 7) is 1.32. The molecule has 5 N–H and O–H groups in total. The number of hydrogen-bond donors (Lipinski definition) is 5. The van der Waals surface area contributed by atoms with Crippen molar-refractivity contribution < 1.29 is 38.1 Å². The Morgan fingerprint density at radius 3 is 2.48 bits per heavy atom. The highest BCUT2D eigenvalue weighted by Gasteiger charge is 2.26. The van der Waals surface area contributed by atoms with Crippen molar-refractivity contribution in [2.45, 2.75) is 17.7 Å². The summed E-state index contributed by atoms with van der Waals surface area (Å²) in [6, 6.07) is 8.22. The lowest BCUT2D eigenvalue weighted by atomic mass is 10.1. The highest BCUT2D eigenvalue weighted by atomic mass is 32.2. The molecule has 11 nitrogen and oxygen atoms in total.